The lowest BCUT2D eigenvalue weighted by Gasteiger charge is -2.13. The summed E-state index contributed by atoms with van der Waals surface area (Å²) < 4.78 is 5.07. The Bertz CT molecular complexity index is 710. The van der Waals surface area contributed by atoms with Crippen LogP contribution in [0.2, 0.25) is 0 Å². The van der Waals surface area contributed by atoms with Crippen molar-refractivity contribution >= 4 is 23.2 Å². The minimum absolute atomic E-state index is 0.0651. The molecule has 2 aromatic carbocycles. The van der Waals surface area contributed by atoms with Gasteiger partial charge < -0.3 is 20.3 Å². The minimum Gasteiger partial charge on any atom is -0.497 e. The third-order valence-corrected chi connectivity index (χ3v) is 3.64. The van der Waals surface area contributed by atoms with Gasteiger partial charge in [-0.2, -0.15) is 0 Å². The zero-order valence-corrected chi connectivity index (χ0v) is 14.7. The fourth-order valence-electron chi connectivity index (χ4n) is 2.22. The van der Waals surface area contributed by atoms with E-state index in [2.05, 4.69) is 10.6 Å². The third kappa shape index (κ3) is 5.84. The molecule has 0 aromatic heterocycles. The lowest BCUT2D eigenvalue weighted by Crippen LogP contribution is -2.33. The van der Waals surface area contributed by atoms with Crippen LogP contribution >= 0.6 is 0 Å². The van der Waals surface area contributed by atoms with Crippen LogP contribution in [0.5, 0.6) is 5.75 Å². The number of nitrogens with zero attached hydrogens (tertiary/aromatic N) is 1. The molecule has 0 fully saturated rings. The van der Waals surface area contributed by atoms with Crippen LogP contribution in [0.4, 0.5) is 11.4 Å². The number of carbonyl (C=O) groups excluding carboxylic acids is 2. The van der Waals surface area contributed by atoms with E-state index in [0.717, 1.165) is 17.0 Å². The molecule has 0 aliphatic rings. The number of amides is 2. The molecule has 6 nitrogen and oxygen atoms in total. The first-order valence-corrected chi connectivity index (χ1v) is 7.95. The molecule has 0 aliphatic carbocycles. The molecule has 2 amide bonds. The Morgan fingerprint density at radius 2 is 1.60 bits per heavy atom. The van der Waals surface area contributed by atoms with Gasteiger partial charge in [0.05, 0.1) is 20.1 Å². The molecule has 0 aliphatic heterocycles. The highest BCUT2D eigenvalue weighted by molar-refractivity contribution is 5.94. The molecule has 0 saturated heterocycles. The maximum absolute atomic E-state index is 11.9. The van der Waals surface area contributed by atoms with Crippen molar-refractivity contribution in [2.75, 3.05) is 38.0 Å². The first-order valence-electron chi connectivity index (χ1n) is 7.95. The van der Waals surface area contributed by atoms with E-state index < -0.39 is 0 Å². The fourth-order valence-corrected chi connectivity index (χ4v) is 2.22. The topological polar surface area (TPSA) is 70.7 Å². The average molecular weight is 341 g/mol. The van der Waals surface area contributed by atoms with E-state index in [4.69, 9.17) is 4.74 Å². The van der Waals surface area contributed by atoms with Gasteiger partial charge in [0.15, 0.2) is 0 Å². The van der Waals surface area contributed by atoms with Crippen molar-refractivity contribution in [3.8, 4) is 5.75 Å². The van der Waals surface area contributed by atoms with Crippen molar-refractivity contribution in [2.24, 2.45) is 0 Å². The Hall–Kier alpha value is -3.02. The molecule has 2 rings (SSSR count). The lowest BCUT2D eigenvalue weighted by atomic mass is 10.1. The Balaban J connectivity index is 1.77. The average Bonchev–Trinajstić information content (AvgIpc) is 2.61. The number of carbonyl (C=O) groups is 2. The quantitative estimate of drug-likeness (QED) is 0.809. The normalized spacial score (nSPS) is 10.0. The molecule has 132 valence electrons. The summed E-state index contributed by atoms with van der Waals surface area (Å²) in [7, 11) is 5.49. The second kappa shape index (κ2) is 8.73. The van der Waals surface area contributed by atoms with Crippen LogP contribution < -0.4 is 20.3 Å². The number of anilines is 2. The molecule has 0 radical (unpaired) electrons. The zero-order valence-electron chi connectivity index (χ0n) is 14.7. The maximum atomic E-state index is 11.9. The maximum Gasteiger partial charge on any atom is 0.243 e. The number of methoxy groups -OCH3 is 1. The van der Waals surface area contributed by atoms with Gasteiger partial charge in [0.1, 0.15) is 5.75 Å². The molecular formula is C19H23N3O3. The minimum atomic E-state index is -0.263. The van der Waals surface area contributed by atoms with Crippen molar-refractivity contribution < 1.29 is 14.3 Å². The van der Waals surface area contributed by atoms with Crippen LogP contribution in [0.1, 0.15) is 5.56 Å². The Kier molecular flexibility index (Phi) is 6.39. The number of nitrogens with one attached hydrogen (secondary N) is 2. The molecular weight excluding hydrogens is 318 g/mol. The van der Waals surface area contributed by atoms with E-state index in [9.17, 15) is 9.59 Å². The molecule has 0 atom stereocenters. The van der Waals surface area contributed by atoms with Crippen LogP contribution in [0.25, 0.3) is 0 Å². The predicted octanol–water partition coefficient (Wildman–Crippen LogP) is 2.06. The van der Waals surface area contributed by atoms with Crippen molar-refractivity contribution in [1.82, 2.24) is 5.32 Å². The van der Waals surface area contributed by atoms with Gasteiger partial charge in [-0.15, -0.1) is 0 Å². The van der Waals surface area contributed by atoms with Gasteiger partial charge in [-0.1, -0.05) is 12.1 Å². The first kappa shape index (κ1) is 18.3. The zero-order chi connectivity index (χ0) is 18.2. The summed E-state index contributed by atoms with van der Waals surface area (Å²) in [5, 5.41) is 5.37. The van der Waals surface area contributed by atoms with Gasteiger partial charge in [0.25, 0.3) is 0 Å². The van der Waals surface area contributed by atoms with E-state index >= 15 is 0 Å². The van der Waals surface area contributed by atoms with Crippen LogP contribution in [0.15, 0.2) is 48.5 Å². The second-order valence-electron chi connectivity index (χ2n) is 5.79. The van der Waals surface area contributed by atoms with Crippen molar-refractivity contribution in [1.29, 1.82) is 0 Å². The summed E-state index contributed by atoms with van der Waals surface area (Å²) in [6.45, 7) is -0.0651. The standard InChI is InChI=1S/C19H23N3O3/c1-22(2)16-8-6-15(7-9-16)21-19(24)13-20-18(23)12-14-4-10-17(25-3)11-5-14/h4-11H,12-13H2,1-3H3,(H,20,23)(H,21,24). The Morgan fingerprint density at radius 3 is 2.16 bits per heavy atom. The number of hydrogen-bond donors (Lipinski definition) is 2. The largest absolute Gasteiger partial charge is 0.497 e. The summed E-state index contributed by atoms with van der Waals surface area (Å²) in [4.78, 5) is 25.8. The van der Waals surface area contributed by atoms with Gasteiger partial charge in [-0.3, -0.25) is 9.59 Å². The van der Waals surface area contributed by atoms with Gasteiger partial charge in [-0.05, 0) is 42.0 Å². The SMILES string of the molecule is COc1ccc(CC(=O)NCC(=O)Nc2ccc(N(C)C)cc2)cc1. The molecule has 6 heteroatoms. The van der Waals surface area contributed by atoms with Gasteiger partial charge in [-0.25, -0.2) is 0 Å². The fraction of sp³-hybridized carbons (Fsp3) is 0.263. The second-order valence-corrected chi connectivity index (χ2v) is 5.79. The molecule has 0 saturated carbocycles. The van der Waals surface area contributed by atoms with Crippen molar-refractivity contribution in [3.63, 3.8) is 0 Å². The summed E-state index contributed by atoms with van der Waals surface area (Å²) in [6, 6.07) is 14.7. The number of benzene rings is 2. The van der Waals surface area contributed by atoms with Gasteiger partial charge >= 0.3 is 0 Å². The first-order chi connectivity index (χ1) is 12.0. The summed E-state index contributed by atoms with van der Waals surface area (Å²) in [6.07, 6.45) is 0.217. The van der Waals surface area contributed by atoms with E-state index in [1.807, 2.05) is 55.4 Å². The summed E-state index contributed by atoms with van der Waals surface area (Å²) >= 11 is 0. The molecule has 2 N–H and O–H groups in total. The van der Waals surface area contributed by atoms with E-state index in [1.165, 1.54) is 0 Å². The van der Waals surface area contributed by atoms with Gasteiger partial charge in [0.2, 0.25) is 11.8 Å². The summed E-state index contributed by atoms with van der Waals surface area (Å²) in [5.74, 6) is 0.271. The van der Waals surface area contributed by atoms with Crippen LogP contribution in [0.3, 0.4) is 0 Å². The highest BCUT2D eigenvalue weighted by Crippen LogP contribution is 2.15. The van der Waals surface area contributed by atoms with Crippen LogP contribution in [0, 0.1) is 0 Å². The predicted molar refractivity (Wildman–Crippen MR) is 99.1 cm³/mol. The van der Waals surface area contributed by atoms with Crippen LogP contribution in [-0.4, -0.2) is 39.6 Å². The van der Waals surface area contributed by atoms with E-state index in [0.29, 0.717) is 5.69 Å². The smallest absolute Gasteiger partial charge is 0.243 e. The number of hydrogen-bond acceptors (Lipinski definition) is 4. The lowest BCUT2D eigenvalue weighted by molar-refractivity contribution is -0.123. The number of rotatable bonds is 7. The van der Waals surface area contributed by atoms with Crippen LogP contribution in [-0.2, 0) is 16.0 Å². The van der Waals surface area contributed by atoms with Crippen molar-refractivity contribution in [2.45, 2.75) is 6.42 Å². The van der Waals surface area contributed by atoms with Gasteiger partial charge in [0, 0.05) is 25.5 Å². The van der Waals surface area contributed by atoms with Crippen molar-refractivity contribution in [3.05, 3.63) is 54.1 Å². The highest BCUT2D eigenvalue weighted by Gasteiger charge is 2.07. The number of ether oxygens (including phenoxy) is 1. The summed E-state index contributed by atoms with van der Waals surface area (Å²) in [5.41, 5.74) is 2.60. The highest BCUT2D eigenvalue weighted by atomic mass is 16.5. The van der Waals surface area contributed by atoms with E-state index in [1.54, 1.807) is 19.2 Å². The molecule has 25 heavy (non-hydrogen) atoms. The molecule has 0 unspecified atom stereocenters. The third-order valence-electron chi connectivity index (χ3n) is 3.64. The monoisotopic (exact) mass is 341 g/mol. The molecule has 2 aromatic rings. The Morgan fingerprint density at radius 1 is 0.960 bits per heavy atom. The Labute approximate surface area is 147 Å². The molecule has 0 spiro atoms. The molecule has 0 heterocycles. The molecule has 0 bridgehead atoms. The van der Waals surface area contributed by atoms with E-state index in [-0.39, 0.29) is 24.8 Å².